The Morgan fingerprint density at radius 2 is 2.24 bits per heavy atom. The van der Waals surface area contributed by atoms with Crippen LogP contribution in [0, 0.1) is 0 Å². The maximum atomic E-state index is 9.42. The standard InChI is InChI=1S/C13H17NO3/c1-2-10(15)8-17-11-4-5-12-9(7-11)3-6-13(12)14-16/h4-5,7,10,15-16H,2-3,6,8H2,1H3/b14-13+. The summed E-state index contributed by atoms with van der Waals surface area (Å²) >= 11 is 0. The molecule has 0 heterocycles. The normalized spacial score (nSPS) is 18.1. The number of aryl methyl sites for hydroxylation is 1. The summed E-state index contributed by atoms with van der Waals surface area (Å²) in [6.45, 7) is 2.23. The van der Waals surface area contributed by atoms with Crippen LogP contribution in [0.1, 0.15) is 30.9 Å². The Bertz CT molecular complexity index is 429. The molecule has 0 spiro atoms. The van der Waals surface area contributed by atoms with Crippen LogP contribution in [0.25, 0.3) is 0 Å². The quantitative estimate of drug-likeness (QED) is 0.619. The number of aliphatic hydroxyl groups is 1. The van der Waals surface area contributed by atoms with Gasteiger partial charge in [0, 0.05) is 5.56 Å². The lowest BCUT2D eigenvalue weighted by Gasteiger charge is -2.11. The maximum absolute atomic E-state index is 9.42. The third-order valence-electron chi connectivity index (χ3n) is 3.05. The van der Waals surface area contributed by atoms with Crippen LogP contribution in [0.2, 0.25) is 0 Å². The number of nitrogens with zero attached hydrogens (tertiary/aromatic N) is 1. The van der Waals surface area contributed by atoms with Gasteiger partial charge in [0.05, 0.1) is 11.8 Å². The summed E-state index contributed by atoms with van der Waals surface area (Å²) in [5.74, 6) is 0.760. The number of aliphatic hydroxyl groups excluding tert-OH is 1. The molecular formula is C13H17NO3. The van der Waals surface area contributed by atoms with Gasteiger partial charge >= 0.3 is 0 Å². The van der Waals surface area contributed by atoms with E-state index in [4.69, 9.17) is 9.94 Å². The van der Waals surface area contributed by atoms with Gasteiger partial charge in [-0.2, -0.15) is 0 Å². The first-order valence-corrected chi connectivity index (χ1v) is 5.89. The van der Waals surface area contributed by atoms with E-state index in [9.17, 15) is 5.11 Å². The predicted molar refractivity (Wildman–Crippen MR) is 64.9 cm³/mol. The van der Waals surface area contributed by atoms with Gasteiger partial charge in [0.1, 0.15) is 12.4 Å². The molecule has 92 valence electrons. The van der Waals surface area contributed by atoms with E-state index in [1.54, 1.807) is 0 Å². The Morgan fingerprint density at radius 3 is 2.94 bits per heavy atom. The predicted octanol–water partition coefficient (Wildman–Crippen LogP) is 1.96. The lowest BCUT2D eigenvalue weighted by atomic mass is 10.1. The van der Waals surface area contributed by atoms with Crippen molar-refractivity contribution in [3.05, 3.63) is 29.3 Å². The highest BCUT2D eigenvalue weighted by Crippen LogP contribution is 2.26. The van der Waals surface area contributed by atoms with E-state index in [1.165, 1.54) is 0 Å². The van der Waals surface area contributed by atoms with Crippen molar-refractivity contribution in [2.24, 2.45) is 5.16 Å². The molecule has 0 aromatic heterocycles. The molecule has 1 aromatic rings. The van der Waals surface area contributed by atoms with Crippen LogP contribution in [-0.2, 0) is 6.42 Å². The second-order valence-corrected chi connectivity index (χ2v) is 4.24. The fraction of sp³-hybridized carbons (Fsp3) is 0.462. The van der Waals surface area contributed by atoms with Gasteiger partial charge in [-0.15, -0.1) is 0 Å². The van der Waals surface area contributed by atoms with E-state index in [-0.39, 0.29) is 0 Å². The second-order valence-electron chi connectivity index (χ2n) is 4.24. The molecular weight excluding hydrogens is 218 g/mol. The Kier molecular flexibility index (Phi) is 3.64. The van der Waals surface area contributed by atoms with Crippen molar-refractivity contribution in [2.45, 2.75) is 32.3 Å². The molecule has 4 nitrogen and oxygen atoms in total. The Labute approximate surface area is 101 Å². The van der Waals surface area contributed by atoms with Gasteiger partial charge in [-0.05, 0) is 43.0 Å². The van der Waals surface area contributed by atoms with Crippen molar-refractivity contribution in [1.29, 1.82) is 0 Å². The third kappa shape index (κ3) is 2.58. The van der Waals surface area contributed by atoms with Crippen LogP contribution in [-0.4, -0.2) is 28.7 Å². The number of fused-ring (bicyclic) bond motifs is 1. The van der Waals surface area contributed by atoms with E-state index in [0.29, 0.717) is 13.0 Å². The summed E-state index contributed by atoms with van der Waals surface area (Å²) < 4.78 is 5.50. The highest BCUT2D eigenvalue weighted by Gasteiger charge is 2.18. The largest absolute Gasteiger partial charge is 0.491 e. The molecule has 2 rings (SSSR count). The summed E-state index contributed by atoms with van der Waals surface area (Å²) in [5.41, 5.74) is 2.87. The van der Waals surface area contributed by atoms with E-state index < -0.39 is 6.10 Å². The molecule has 1 unspecified atom stereocenters. The fourth-order valence-electron chi connectivity index (χ4n) is 1.95. The minimum atomic E-state index is -0.419. The molecule has 0 radical (unpaired) electrons. The van der Waals surface area contributed by atoms with Gasteiger partial charge in [-0.1, -0.05) is 12.1 Å². The zero-order chi connectivity index (χ0) is 12.3. The molecule has 0 aliphatic heterocycles. The van der Waals surface area contributed by atoms with Crippen molar-refractivity contribution < 1.29 is 15.1 Å². The highest BCUT2D eigenvalue weighted by molar-refractivity contribution is 6.04. The van der Waals surface area contributed by atoms with Crippen molar-refractivity contribution in [2.75, 3.05) is 6.61 Å². The zero-order valence-electron chi connectivity index (χ0n) is 9.89. The molecule has 1 aliphatic carbocycles. The molecule has 1 aromatic carbocycles. The molecule has 0 amide bonds. The van der Waals surface area contributed by atoms with E-state index in [2.05, 4.69) is 5.16 Å². The van der Waals surface area contributed by atoms with Crippen molar-refractivity contribution >= 4 is 5.71 Å². The van der Waals surface area contributed by atoms with Crippen LogP contribution in [0.3, 0.4) is 0 Å². The smallest absolute Gasteiger partial charge is 0.119 e. The summed E-state index contributed by atoms with van der Waals surface area (Å²) in [7, 11) is 0. The van der Waals surface area contributed by atoms with Gasteiger partial charge < -0.3 is 15.1 Å². The van der Waals surface area contributed by atoms with Gasteiger partial charge in [-0.25, -0.2) is 0 Å². The molecule has 17 heavy (non-hydrogen) atoms. The van der Waals surface area contributed by atoms with Crippen molar-refractivity contribution in [1.82, 2.24) is 0 Å². The molecule has 0 saturated carbocycles. The molecule has 1 aliphatic rings. The molecule has 0 saturated heterocycles. The van der Waals surface area contributed by atoms with Gasteiger partial charge in [-0.3, -0.25) is 0 Å². The van der Waals surface area contributed by atoms with Crippen molar-refractivity contribution in [3.63, 3.8) is 0 Å². The lowest BCUT2D eigenvalue weighted by Crippen LogP contribution is -2.16. The van der Waals surface area contributed by atoms with E-state index in [1.807, 2.05) is 25.1 Å². The molecule has 4 heteroatoms. The Balaban J connectivity index is 2.08. The van der Waals surface area contributed by atoms with Crippen LogP contribution in [0.15, 0.2) is 23.4 Å². The Morgan fingerprint density at radius 1 is 1.41 bits per heavy atom. The maximum Gasteiger partial charge on any atom is 0.119 e. The zero-order valence-corrected chi connectivity index (χ0v) is 9.89. The Hall–Kier alpha value is -1.55. The first-order valence-electron chi connectivity index (χ1n) is 5.89. The van der Waals surface area contributed by atoms with Gasteiger partial charge in [0.25, 0.3) is 0 Å². The lowest BCUT2D eigenvalue weighted by molar-refractivity contribution is 0.104. The first-order chi connectivity index (χ1) is 8.24. The molecule has 0 bridgehead atoms. The summed E-state index contributed by atoms with van der Waals surface area (Å²) in [6, 6.07) is 5.71. The minimum Gasteiger partial charge on any atom is -0.491 e. The van der Waals surface area contributed by atoms with Crippen LogP contribution in [0.5, 0.6) is 5.75 Å². The average molecular weight is 235 g/mol. The van der Waals surface area contributed by atoms with Gasteiger partial charge in [0.15, 0.2) is 0 Å². The topological polar surface area (TPSA) is 62.0 Å². The third-order valence-corrected chi connectivity index (χ3v) is 3.05. The number of ether oxygens (including phenoxy) is 1. The SMILES string of the molecule is CCC(O)COc1ccc2c(c1)CC/C2=N\O. The molecule has 1 atom stereocenters. The second kappa shape index (κ2) is 5.19. The number of oxime groups is 1. The van der Waals surface area contributed by atoms with E-state index in [0.717, 1.165) is 35.4 Å². The first kappa shape index (κ1) is 11.9. The number of benzene rings is 1. The van der Waals surface area contributed by atoms with E-state index >= 15 is 0 Å². The van der Waals surface area contributed by atoms with Gasteiger partial charge in [0.2, 0.25) is 0 Å². The summed E-state index contributed by atoms with van der Waals surface area (Å²) in [5, 5.41) is 21.5. The minimum absolute atomic E-state index is 0.316. The number of rotatable bonds is 4. The monoisotopic (exact) mass is 235 g/mol. The number of hydrogen-bond donors (Lipinski definition) is 2. The molecule has 2 N–H and O–H groups in total. The summed E-state index contributed by atoms with van der Waals surface area (Å²) in [6.07, 6.45) is 1.92. The van der Waals surface area contributed by atoms with Crippen LogP contribution < -0.4 is 4.74 Å². The average Bonchev–Trinajstić information content (AvgIpc) is 2.78. The molecule has 0 fully saturated rings. The highest BCUT2D eigenvalue weighted by atomic mass is 16.5. The van der Waals surface area contributed by atoms with Crippen LogP contribution in [0.4, 0.5) is 0 Å². The fourth-order valence-corrected chi connectivity index (χ4v) is 1.95. The summed E-state index contributed by atoms with van der Waals surface area (Å²) in [4.78, 5) is 0. The number of hydrogen-bond acceptors (Lipinski definition) is 4. The van der Waals surface area contributed by atoms with Crippen molar-refractivity contribution in [3.8, 4) is 5.75 Å². The van der Waals surface area contributed by atoms with Crippen LogP contribution >= 0.6 is 0 Å².